The maximum Gasteiger partial charge on any atom is 0.258 e. The first-order valence-electron chi connectivity index (χ1n) is 7.19. The van der Waals surface area contributed by atoms with Crippen LogP contribution in [0.2, 0.25) is 0 Å². The lowest BCUT2D eigenvalue weighted by atomic mass is 10.2. The zero-order valence-corrected chi connectivity index (χ0v) is 12.7. The number of carbonyl (C=O) groups excluding carboxylic acids is 1. The van der Waals surface area contributed by atoms with Crippen LogP contribution in [-0.2, 0) is 11.2 Å². The third-order valence-corrected chi connectivity index (χ3v) is 3.30. The van der Waals surface area contributed by atoms with Gasteiger partial charge in [-0.05, 0) is 18.1 Å². The summed E-state index contributed by atoms with van der Waals surface area (Å²) in [7, 11) is 1.80. The highest BCUT2D eigenvalue weighted by atomic mass is 16.2. The van der Waals surface area contributed by atoms with Crippen LogP contribution >= 0.6 is 0 Å². The highest BCUT2D eigenvalue weighted by Gasteiger charge is 2.11. The van der Waals surface area contributed by atoms with Crippen LogP contribution in [-0.4, -0.2) is 34.4 Å². The largest absolute Gasteiger partial charge is 0.345 e. The maximum absolute atomic E-state index is 12.0. The van der Waals surface area contributed by atoms with Gasteiger partial charge in [0, 0.05) is 26.4 Å². The fourth-order valence-corrected chi connectivity index (χ4v) is 2.32. The van der Waals surface area contributed by atoms with Crippen LogP contribution in [0.4, 0.5) is 0 Å². The molecule has 5 heteroatoms. The lowest BCUT2D eigenvalue weighted by Crippen LogP contribution is -2.30. The molecule has 0 atom stereocenters. The normalized spacial score (nSPS) is 11.0. The van der Waals surface area contributed by atoms with E-state index in [4.69, 9.17) is 0 Å². The molecule has 0 unspecified atom stereocenters. The van der Waals surface area contributed by atoms with Gasteiger partial charge in [0.15, 0.2) is 0 Å². The number of fused-ring (bicyclic) bond motifs is 1. The fourth-order valence-electron chi connectivity index (χ4n) is 2.32. The van der Waals surface area contributed by atoms with Crippen molar-refractivity contribution in [3.63, 3.8) is 0 Å². The number of hydrogen-bond acceptors (Lipinski definition) is 3. The molecule has 0 aliphatic rings. The Balaban J connectivity index is 2.07. The Morgan fingerprint density at radius 2 is 2.05 bits per heavy atom. The second kappa shape index (κ2) is 6.52. The number of H-pyrrole nitrogens is 1. The van der Waals surface area contributed by atoms with Crippen molar-refractivity contribution in [2.75, 3.05) is 13.6 Å². The van der Waals surface area contributed by atoms with E-state index in [1.165, 1.54) is 0 Å². The standard InChI is InChI=1S/C16H21N3O2/c1-11(2)10-19(3)15(20)9-8-14-17-13-7-5-4-6-12(13)16(21)18-14/h4-7,11H,8-10H2,1-3H3,(H,17,18,21). The van der Waals surface area contributed by atoms with Gasteiger partial charge in [-0.25, -0.2) is 4.98 Å². The number of aromatic nitrogens is 2. The van der Waals surface area contributed by atoms with E-state index in [-0.39, 0.29) is 11.5 Å². The number of amides is 1. The number of benzene rings is 1. The Bertz CT molecular complexity index is 691. The Labute approximate surface area is 124 Å². The topological polar surface area (TPSA) is 66.1 Å². The van der Waals surface area contributed by atoms with Crippen LogP contribution in [0.15, 0.2) is 29.1 Å². The van der Waals surface area contributed by atoms with Crippen molar-refractivity contribution in [3.05, 3.63) is 40.4 Å². The van der Waals surface area contributed by atoms with Crippen molar-refractivity contribution in [1.82, 2.24) is 14.9 Å². The molecule has 0 fully saturated rings. The average molecular weight is 287 g/mol. The van der Waals surface area contributed by atoms with Crippen molar-refractivity contribution in [2.45, 2.75) is 26.7 Å². The van der Waals surface area contributed by atoms with Crippen LogP contribution in [0.3, 0.4) is 0 Å². The summed E-state index contributed by atoms with van der Waals surface area (Å²) in [6.07, 6.45) is 0.797. The number of nitrogens with one attached hydrogen (secondary N) is 1. The first kappa shape index (κ1) is 15.2. The van der Waals surface area contributed by atoms with Crippen molar-refractivity contribution in [3.8, 4) is 0 Å². The van der Waals surface area contributed by atoms with Crippen molar-refractivity contribution in [2.24, 2.45) is 5.92 Å². The van der Waals surface area contributed by atoms with Crippen LogP contribution in [0, 0.1) is 5.92 Å². The number of aromatic amines is 1. The van der Waals surface area contributed by atoms with Gasteiger partial charge in [0.2, 0.25) is 5.91 Å². The van der Waals surface area contributed by atoms with E-state index < -0.39 is 0 Å². The van der Waals surface area contributed by atoms with E-state index in [0.29, 0.717) is 35.5 Å². The zero-order valence-electron chi connectivity index (χ0n) is 12.7. The summed E-state index contributed by atoms with van der Waals surface area (Å²) in [4.78, 5) is 32.8. The first-order valence-corrected chi connectivity index (χ1v) is 7.19. The van der Waals surface area contributed by atoms with Gasteiger partial charge in [0.25, 0.3) is 5.56 Å². The molecule has 21 heavy (non-hydrogen) atoms. The second-order valence-electron chi connectivity index (χ2n) is 5.70. The van der Waals surface area contributed by atoms with Gasteiger partial charge in [0.1, 0.15) is 5.82 Å². The van der Waals surface area contributed by atoms with E-state index >= 15 is 0 Å². The third-order valence-electron chi connectivity index (χ3n) is 3.30. The minimum Gasteiger partial charge on any atom is -0.345 e. The lowest BCUT2D eigenvalue weighted by molar-refractivity contribution is -0.130. The van der Waals surface area contributed by atoms with Crippen LogP contribution in [0.25, 0.3) is 10.9 Å². The predicted octanol–water partition coefficient (Wildman–Crippen LogP) is 1.97. The lowest BCUT2D eigenvalue weighted by Gasteiger charge is -2.19. The predicted molar refractivity (Wildman–Crippen MR) is 83.2 cm³/mol. The van der Waals surface area contributed by atoms with Gasteiger partial charge in [-0.3, -0.25) is 9.59 Å². The summed E-state index contributed by atoms with van der Waals surface area (Å²) in [5.74, 6) is 1.07. The van der Waals surface area contributed by atoms with Crippen LogP contribution in [0.1, 0.15) is 26.1 Å². The Kier molecular flexibility index (Phi) is 4.73. The number of hydrogen-bond donors (Lipinski definition) is 1. The van der Waals surface area contributed by atoms with Gasteiger partial charge in [0.05, 0.1) is 10.9 Å². The summed E-state index contributed by atoms with van der Waals surface area (Å²) in [5, 5.41) is 0.574. The van der Waals surface area contributed by atoms with Gasteiger partial charge in [-0.15, -0.1) is 0 Å². The minimum atomic E-state index is -0.154. The SMILES string of the molecule is CC(C)CN(C)C(=O)CCc1nc2ccccc2c(=O)[nH]1. The highest BCUT2D eigenvalue weighted by molar-refractivity contribution is 5.78. The van der Waals surface area contributed by atoms with Gasteiger partial charge < -0.3 is 9.88 Å². The van der Waals surface area contributed by atoms with Crippen LogP contribution < -0.4 is 5.56 Å². The molecule has 2 rings (SSSR count). The first-order chi connectivity index (χ1) is 9.97. The molecular weight excluding hydrogens is 266 g/mol. The molecule has 0 saturated carbocycles. The van der Waals surface area contributed by atoms with Gasteiger partial charge >= 0.3 is 0 Å². The number of carbonyl (C=O) groups is 1. The monoisotopic (exact) mass is 287 g/mol. The molecule has 1 heterocycles. The summed E-state index contributed by atoms with van der Waals surface area (Å²) in [6, 6.07) is 7.21. The van der Waals surface area contributed by atoms with E-state index in [1.807, 2.05) is 12.1 Å². The number of nitrogens with zero attached hydrogens (tertiary/aromatic N) is 2. The van der Waals surface area contributed by atoms with Crippen molar-refractivity contribution >= 4 is 16.8 Å². The molecule has 5 nitrogen and oxygen atoms in total. The molecule has 112 valence electrons. The maximum atomic E-state index is 12.0. The number of para-hydroxylation sites is 1. The average Bonchev–Trinajstić information content (AvgIpc) is 2.44. The van der Waals surface area contributed by atoms with Crippen LogP contribution in [0.5, 0.6) is 0 Å². The fraction of sp³-hybridized carbons (Fsp3) is 0.438. The summed E-state index contributed by atoms with van der Waals surface area (Å²) in [6.45, 7) is 4.89. The molecule has 1 aromatic carbocycles. The Morgan fingerprint density at radius 3 is 2.76 bits per heavy atom. The molecule has 0 aliphatic heterocycles. The molecule has 2 aromatic rings. The highest BCUT2D eigenvalue weighted by Crippen LogP contribution is 2.07. The number of rotatable bonds is 5. The molecule has 1 aromatic heterocycles. The Hall–Kier alpha value is -2.17. The van der Waals surface area contributed by atoms with E-state index in [2.05, 4.69) is 23.8 Å². The molecular formula is C16H21N3O2. The number of aryl methyl sites for hydroxylation is 1. The molecule has 1 amide bonds. The van der Waals surface area contributed by atoms with Gasteiger partial charge in [-0.1, -0.05) is 26.0 Å². The molecule has 0 radical (unpaired) electrons. The van der Waals surface area contributed by atoms with E-state index in [0.717, 1.165) is 6.54 Å². The second-order valence-corrected chi connectivity index (χ2v) is 5.70. The summed E-state index contributed by atoms with van der Waals surface area (Å²) < 4.78 is 0. The molecule has 0 aliphatic carbocycles. The smallest absolute Gasteiger partial charge is 0.258 e. The zero-order chi connectivity index (χ0) is 15.4. The Morgan fingerprint density at radius 1 is 1.33 bits per heavy atom. The summed E-state index contributed by atoms with van der Waals surface area (Å²) in [5.41, 5.74) is 0.512. The quantitative estimate of drug-likeness (QED) is 0.914. The summed E-state index contributed by atoms with van der Waals surface area (Å²) >= 11 is 0. The third kappa shape index (κ3) is 3.90. The molecule has 1 N–H and O–H groups in total. The molecule has 0 saturated heterocycles. The van der Waals surface area contributed by atoms with Crippen molar-refractivity contribution in [1.29, 1.82) is 0 Å². The van der Waals surface area contributed by atoms with E-state index in [1.54, 1.807) is 24.1 Å². The van der Waals surface area contributed by atoms with Gasteiger partial charge in [-0.2, -0.15) is 0 Å². The minimum absolute atomic E-state index is 0.0690. The van der Waals surface area contributed by atoms with Crippen molar-refractivity contribution < 1.29 is 4.79 Å². The molecule has 0 spiro atoms. The molecule has 0 bridgehead atoms. The van der Waals surface area contributed by atoms with E-state index in [9.17, 15) is 9.59 Å².